The van der Waals surface area contributed by atoms with Crippen molar-refractivity contribution in [2.24, 2.45) is 0 Å². The van der Waals surface area contributed by atoms with E-state index in [0.29, 0.717) is 19.7 Å². The van der Waals surface area contributed by atoms with Crippen LogP contribution in [0.5, 0.6) is 0 Å². The minimum absolute atomic E-state index is 0.181. The Morgan fingerprint density at radius 1 is 1.53 bits per heavy atom. The molecule has 1 aromatic rings. The molecule has 1 fully saturated rings. The number of methoxy groups -OCH3 is 1. The molecular formula is C12H21N3O3S. The molecule has 1 unspecified atom stereocenters. The molecule has 0 amide bonds. The van der Waals surface area contributed by atoms with Crippen LogP contribution in [0.2, 0.25) is 0 Å². The summed E-state index contributed by atoms with van der Waals surface area (Å²) in [5, 5.41) is 0. The Kier molecular flexibility index (Phi) is 4.27. The fourth-order valence-electron chi connectivity index (χ4n) is 2.52. The van der Waals surface area contributed by atoms with Crippen molar-refractivity contribution < 1.29 is 13.2 Å². The predicted octanol–water partition coefficient (Wildman–Crippen LogP) is 0.587. The molecule has 1 atom stereocenters. The zero-order valence-corrected chi connectivity index (χ0v) is 12.5. The SMILES string of the molecule is COCCn1c(C)cnc1C1CCN(S(C)(=O)=O)C1. The number of ether oxygens (including phenoxy) is 1. The number of sulfonamides is 1. The van der Waals surface area contributed by atoms with E-state index in [1.807, 2.05) is 13.1 Å². The lowest BCUT2D eigenvalue weighted by atomic mass is 10.1. The minimum atomic E-state index is -3.09. The maximum absolute atomic E-state index is 11.6. The van der Waals surface area contributed by atoms with Crippen LogP contribution in [0.25, 0.3) is 0 Å². The zero-order chi connectivity index (χ0) is 14.0. The molecule has 6 nitrogen and oxygen atoms in total. The van der Waals surface area contributed by atoms with Crippen molar-refractivity contribution in [3.05, 3.63) is 17.7 Å². The first-order valence-corrected chi connectivity index (χ1v) is 8.24. The Labute approximate surface area is 114 Å². The fourth-order valence-corrected chi connectivity index (χ4v) is 3.41. The number of imidazole rings is 1. The molecule has 0 N–H and O–H groups in total. The van der Waals surface area contributed by atoms with Crippen molar-refractivity contribution in [2.45, 2.75) is 25.8 Å². The van der Waals surface area contributed by atoms with E-state index in [0.717, 1.165) is 24.5 Å². The summed E-state index contributed by atoms with van der Waals surface area (Å²) < 4.78 is 31.9. The van der Waals surface area contributed by atoms with Gasteiger partial charge in [-0.2, -0.15) is 0 Å². The topological polar surface area (TPSA) is 64.4 Å². The van der Waals surface area contributed by atoms with Gasteiger partial charge >= 0.3 is 0 Å². The van der Waals surface area contributed by atoms with Crippen LogP contribution in [-0.4, -0.2) is 55.3 Å². The van der Waals surface area contributed by atoms with Crippen LogP contribution >= 0.6 is 0 Å². The monoisotopic (exact) mass is 287 g/mol. The second-order valence-corrected chi connectivity index (χ2v) is 6.99. The Bertz CT molecular complexity index is 538. The lowest BCUT2D eigenvalue weighted by Gasteiger charge is -2.15. The van der Waals surface area contributed by atoms with Gasteiger partial charge in [0.1, 0.15) is 5.82 Å². The van der Waals surface area contributed by atoms with Crippen molar-refractivity contribution in [3.63, 3.8) is 0 Å². The van der Waals surface area contributed by atoms with Crippen molar-refractivity contribution in [3.8, 4) is 0 Å². The first-order chi connectivity index (χ1) is 8.93. The molecule has 19 heavy (non-hydrogen) atoms. The molecule has 0 bridgehead atoms. The van der Waals surface area contributed by atoms with Gasteiger partial charge < -0.3 is 9.30 Å². The molecule has 1 aliphatic rings. The standard InChI is InChI=1S/C12H21N3O3S/c1-10-8-13-12(15(10)6-7-18-2)11-4-5-14(9-11)19(3,16)17/h8,11H,4-7,9H2,1-3H3. The van der Waals surface area contributed by atoms with Gasteiger partial charge in [-0.15, -0.1) is 0 Å². The summed E-state index contributed by atoms with van der Waals surface area (Å²) in [6.45, 7) is 4.51. The molecule has 2 heterocycles. The van der Waals surface area contributed by atoms with E-state index in [1.54, 1.807) is 7.11 Å². The maximum Gasteiger partial charge on any atom is 0.211 e. The first kappa shape index (κ1) is 14.5. The number of hydrogen-bond acceptors (Lipinski definition) is 4. The van der Waals surface area contributed by atoms with Gasteiger partial charge in [0.05, 0.1) is 12.9 Å². The van der Waals surface area contributed by atoms with Crippen LogP contribution in [-0.2, 0) is 21.3 Å². The van der Waals surface area contributed by atoms with Crippen molar-refractivity contribution >= 4 is 10.0 Å². The Hall–Kier alpha value is -0.920. The summed E-state index contributed by atoms with van der Waals surface area (Å²) in [5.74, 6) is 1.15. The van der Waals surface area contributed by atoms with Crippen LogP contribution in [0.4, 0.5) is 0 Å². The Morgan fingerprint density at radius 3 is 2.84 bits per heavy atom. The third-order valence-corrected chi connectivity index (χ3v) is 4.86. The number of aryl methyl sites for hydroxylation is 1. The number of aromatic nitrogens is 2. The average Bonchev–Trinajstić information content (AvgIpc) is 2.92. The van der Waals surface area contributed by atoms with Gasteiger partial charge in [0, 0.05) is 44.6 Å². The van der Waals surface area contributed by atoms with E-state index in [9.17, 15) is 8.42 Å². The van der Waals surface area contributed by atoms with E-state index in [-0.39, 0.29) is 5.92 Å². The zero-order valence-electron chi connectivity index (χ0n) is 11.7. The summed E-state index contributed by atoms with van der Waals surface area (Å²) in [6.07, 6.45) is 3.93. The second-order valence-electron chi connectivity index (χ2n) is 5.01. The van der Waals surface area contributed by atoms with Gasteiger partial charge in [-0.1, -0.05) is 0 Å². The molecule has 108 valence electrons. The molecule has 2 rings (SSSR count). The predicted molar refractivity (Wildman–Crippen MR) is 72.6 cm³/mol. The molecular weight excluding hydrogens is 266 g/mol. The molecule has 0 aromatic carbocycles. The highest BCUT2D eigenvalue weighted by atomic mass is 32.2. The second kappa shape index (κ2) is 5.60. The minimum Gasteiger partial charge on any atom is -0.383 e. The molecule has 1 aliphatic heterocycles. The third-order valence-electron chi connectivity index (χ3n) is 3.59. The van der Waals surface area contributed by atoms with Crippen molar-refractivity contribution in [2.75, 3.05) is 33.1 Å². The van der Waals surface area contributed by atoms with Gasteiger partial charge in [0.25, 0.3) is 0 Å². The van der Waals surface area contributed by atoms with Crippen LogP contribution in [0.1, 0.15) is 23.9 Å². The quantitative estimate of drug-likeness (QED) is 0.795. The summed E-state index contributed by atoms with van der Waals surface area (Å²) in [5.41, 5.74) is 1.09. The summed E-state index contributed by atoms with van der Waals surface area (Å²) in [4.78, 5) is 4.45. The van der Waals surface area contributed by atoms with Crippen molar-refractivity contribution in [1.29, 1.82) is 0 Å². The number of rotatable bonds is 5. The van der Waals surface area contributed by atoms with Gasteiger partial charge in [-0.3, -0.25) is 0 Å². The molecule has 0 saturated carbocycles. The van der Waals surface area contributed by atoms with Crippen molar-refractivity contribution in [1.82, 2.24) is 13.9 Å². The number of hydrogen-bond donors (Lipinski definition) is 0. The molecule has 0 aliphatic carbocycles. The lowest BCUT2D eigenvalue weighted by molar-refractivity contribution is 0.185. The smallest absolute Gasteiger partial charge is 0.211 e. The van der Waals surface area contributed by atoms with Gasteiger partial charge in [-0.05, 0) is 13.3 Å². The highest BCUT2D eigenvalue weighted by molar-refractivity contribution is 7.88. The molecule has 7 heteroatoms. The highest BCUT2D eigenvalue weighted by Gasteiger charge is 2.32. The largest absolute Gasteiger partial charge is 0.383 e. The summed E-state index contributed by atoms with van der Waals surface area (Å²) in [7, 11) is -1.42. The van der Waals surface area contributed by atoms with Crippen LogP contribution < -0.4 is 0 Å². The molecule has 0 radical (unpaired) electrons. The van der Waals surface area contributed by atoms with E-state index >= 15 is 0 Å². The fraction of sp³-hybridized carbons (Fsp3) is 0.750. The summed E-state index contributed by atoms with van der Waals surface area (Å²) >= 11 is 0. The number of nitrogens with zero attached hydrogens (tertiary/aromatic N) is 3. The van der Waals surface area contributed by atoms with Crippen LogP contribution in [0.3, 0.4) is 0 Å². The van der Waals surface area contributed by atoms with E-state index in [1.165, 1.54) is 10.6 Å². The van der Waals surface area contributed by atoms with E-state index in [2.05, 4.69) is 9.55 Å². The van der Waals surface area contributed by atoms with Crippen LogP contribution in [0.15, 0.2) is 6.20 Å². The third kappa shape index (κ3) is 3.16. The first-order valence-electron chi connectivity index (χ1n) is 6.39. The van der Waals surface area contributed by atoms with Gasteiger partial charge in [0.15, 0.2) is 0 Å². The van der Waals surface area contributed by atoms with Gasteiger partial charge in [-0.25, -0.2) is 17.7 Å². The normalized spacial score (nSPS) is 21.1. The average molecular weight is 287 g/mol. The maximum atomic E-state index is 11.6. The van der Waals surface area contributed by atoms with E-state index in [4.69, 9.17) is 4.74 Å². The molecule has 1 aromatic heterocycles. The van der Waals surface area contributed by atoms with Gasteiger partial charge in [0.2, 0.25) is 10.0 Å². The summed E-state index contributed by atoms with van der Waals surface area (Å²) in [6, 6.07) is 0. The molecule has 1 saturated heterocycles. The van der Waals surface area contributed by atoms with E-state index < -0.39 is 10.0 Å². The molecule has 0 spiro atoms. The Balaban J connectivity index is 2.15. The Morgan fingerprint density at radius 2 is 2.26 bits per heavy atom. The van der Waals surface area contributed by atoms with Crippen LogP contribution in [0, 0.1) is 6.92 Å². The lowest BCUT2D eigenvalue weighted by Crippen LogP contribution is -2.27. The highest BCUT2D eigenvalue weighted by Crippen LogP contribution is 2.28.